The minimum absolute atomic E-state index is 0.00326. The second-order valence-electron chi connectivity index (χ2n) is 6.29. The van der Waals surface area contributed by atoms with E-state index in [-0.39, 0.29) is 11.4 Å². The molecule has 0 saturated heterocycles. The van der Waals surface area contributed by atoms with Crippen LogP contribution >= 0.6 is 11.8 Å². The first-order valence-electron chi connectivity index (χ1n) is 7.68. The third-order valence-electron chi connectivity index (χ3n) is 2.93. The van der Waals surface area contributed by atoms with Gasteiger partial charge in [-0.15, -0.1) is 10.2 Å². The van der Waals surface area contributed by atoms with E-state index < -0.39 is 0 Å². The Balaban J connectivity index is 2.13. The zero-order valence-corrected chi connectivity index (χ0v) is 14.9. The zero-order valence-electron chi connectivity index (χ0n) is 14.0. The minimum Gasteiger partial charge on any atom is -0.351 e. The number of nitrogens with one attached hydrogen (secondary N) is 1. The van der Waals surface area contributed by atoms with Gasteiger partial charge >= 0.3 is 0 Å². The van der Waals surface area contributed by atoms with Gasteiger partial charge in [0.05, 0.1) is 5.75 Å². The van der Waals surface area contributed by atoms with Gasteiger partial charge in [0, 0.05) is 30.0 Å². The Labute approximate surface area is 141 Å². The lowest BCUT2D eigenvalue weighted by molar-refractivity contribution is -0.119. The summed E-state index contributed by atoms with van der Waals surface area (Å²) in [6.07, 6.45) is 4.47. The van der Waals surface area contributed by atoms with E-state index >= 15 is 0 Å². The lowest BCUT2D eigenvalue weighted by atomic mass is 10.1. The van der Waals surface area contributed by atoms with Crippen molar-refractivity contribution in [2.24, 2.45) is 0 Å². The molecule has 0 unspecified atom stereocenters. The molecule has 2 rings (SSSR count). The van der Waals surface area contributed by atoms with E-state index in [4.69, 9.17) is 0 Å². The molecule has 23 heavy (non-hydrogen) atoms. The Bertz CT molecular complexity index is 648. The molecular formula is C16H23N5OS. The normalized spacial score (nSPS) is 11.5. The summed E-state index contributed by atoms with van der Waals surface area (Å²) in [6, 6.07) is 3.84. The molecule has 2 heterocycles. The van der Waals surface area contributed by atoms with E-state index in [1.165, 1.54) is 11.8 Å². The van der Waals surface area contributed by atoms with Crippen molar-refractivity contribution < 1.29 is 4.79 Å². The highest BCUT2D eigenvalue weighted by Crippen LogP contribution is 2.23. The molecule has 1 N–H and O–H groups in total. The highest BCUT2D eigenvalue weighted by Gasteiger charge is 2.17. The van der Waals surface area contributed by atoms with Crippen molar-refractivity contribution in [1.82, 2.24) is 25.1 Å². The van der Waals surface area contributed by atoms with E-state index in [9.17, 15) is 4.79 Å². The van der Waals surface area contributed by atoms with Crippen LogP contribution in [0.3, 0.4) is 0 Å². The monoisotopic (exact) mass is 333 g/mol. The van der Waals surface area contributed by atoms with Crippen LogP contribution in [0.2, 0.25) is 0 Å². The van der Waals surface area contributed by atoms with Crippen LogP contribution in [0, 0.1) is 0 Å². The predicted molar refractivity (Wildman–Crippen MR) is 92.2 cm³/mol. The molecule has 7 heteroatoms. The van der Waals surface area contributed by atoms with Crippen molar-refractivity contribution in [2.45, 2.75) is 51.4 Å². The summed E-state index contributed by atoms with van der Waals surface area (Å²) in [5, 5.41) is 12.2. The third kappa shape index (κ3) is 5.06. The quantitative estimate of drug-likeness (QED) is 0.823. The van der Waals surface area contributed by atoms with Gasteiger partial charge in [-0.3, -0.25) is 9.78 Å². The summed E-state index contributed by atoms with van der Waals surface area (Å²) in [5.41, 5.74) is 0.703. The Morgan fingerprint density at radius 3 is 2.74 bits per heavy atom. The average molecular weight is 333 g/mol. The Hall–Kier alpha value is -1.89. The number of aromatic nitrogens is 4. The van der Waals surface area contributed by atoms with Gasteiger partial charge in [-0.25, -0.2) is 0 Å². The molecule has 0 fully saturated rings. The Morgan fingerprint density at radius 2 is 2.13 bits per heavy atom. The fraction of sp³-hybridized carbons (Fsp3) is 0.500. The van der Waals surface area contributed by atoms with Gasteiger partial charge in [-0.2, -0.15) is 0 Å². The largest absolute Gasteiger partial charge is 0.351 e. The van der Waals surface area contributed by atoms with E-state index in [1.807, 2.05) is 37.5 Å². The number of pyridine rings is 1. The molecule has 6 nitrogen and oxygen atoms in total. The molecule has 0 aliphatic heterocycles. The molecule has 0 aromatic carbocycles. The number of hydrogen-bond acceptors (Lipinski definition) is 5. The highest BCUT2D eigenvalue weighted by molar-refractivity contribution is 7.99. The SMILES string of the molecule is CCCn1c(SCC(=O)NC(C)(C)C)nnc1-c1cccnc1. The molecule has 0 atom stereocenters. The third-order valence-corrected chi connectivity index (χ3v) is 3.90. The van der Waals surface area contributed by atoms with Crippen molar-refractivity contribution in [2.75, 3.05) is 5.75 Å². The van der Waals surface area contributed by atoms with Gasteiger partial charge in [0.25, 0.3) is 0 Å². The molecular weight excluding hydrogens is 310 g/mol. The molecule has 0 aliphatic carbocycles. The molecule has 0 radical (unpaired) electrons. The van der Waals surface area contributed by atoms with Gasteiger partial charge in [-0.1, -0.05) is 18.7 Å². The number of carbonyl (C=O) groups is 1. The van der Waals surface area contributed by atoms with Crippen molar-refractivity contribution in [3.05, 3.63) is 24.5 Å². The lowest BCUT2D eigenvalue weighted by Crippen LogP contribution is -2.41. The molecule has 2 aromatic heterocycles. The number of nitrogens with zero attached hydrogens (tertiary/aromatic N) is 4. The fourth-order valence-corrected chi connectivity index (χ4v) is 2.88. The maximum absolute atomic E-state index is 12.0. The average Bonchev–Trinajstić information content (AvgIpc) is 2.88. The van der Waals surface area contributed by atoms with E-state index in [0.717, 1.165) is 29.5 Å². The first-order chi connectivity index (χ1) is 10.9. The summed E-state index contributed by atoms with van der Waals surface area (Å²) in [6.45, 7) is 8.81. The Kier molecular flexibility index (Phi) is 5.76. The van der Waals surface area contributed by atoms with E-state index in [2.05, 4.69) is 27.4 Å². The number of hydrogen-bond donors (Lipinski definition) is 1. The van der Waals surface area contributed by atoms with Crippen LogP contribution in [-0.4, -0.2) is 36.9 Å². The van der Waals surface area contributed by atoms with E-state index in [0.29, 0.717) is 5.75 Å². The standard InChI is InChI=1S/C16H23N5OS/c1-5-9-21-14(12-7-6-8-17-10-12)19-20-15(21)23-11-13(22)18-16(2,3)4/h6-8,10H,5,9,11H2,1-4H3,(H,18,22). The number of rotatable bonds is 6. The number of thioether (sulfide) groups is 1. The van der Waals surface area contributed by atoms with E-state index in [1.54, 1.807) is 12.4 Å². The molecule has 124 valence electrons. The summed E-state index contributed by atoms with van der Waals surface area (Å²) in [5.74, 6) is 1.11. The van der Waals surface area contributed by atoms with Crippen LogP contribution in [0.15, 0.2) is 29.7 Å². The summed E-state index contributed by atoms with van der Waals surface area (Å²) < 4.78 is 2.05. The molecule has 0 aliphatic rings. The van der Waals surface area contributed by atoms with Gasteiger partial charge in [0.15, 0.2) is 11.0 Å². The van der Waals surface area contributed by atoms with Crippen LogP contribution in [0.4, 0.5) is 0 Å². The zero-order chi connectivity index (χ0) is 16.9. The first kappa shape index (κ1) is 17.5. The predicted octanol–water partition coefficient (Wildman–Crippen LogP) is 2.76. The molecule has 0 saturated carbocycles. The second kappa shape index (κ2) is 7.59. The Morgan fingerprint density at radius 1 is 1.35 bits per heavy atom. The summed E-state index contributed by atoms with van der Waals surface area (Å²) >= 11 is 1.41. The lowest BCUT2D eigenvalue weighted by Gasteiger charge is -2.20. The molecule has 0 spiro atoms. The van der Waals surface area contributed by atoms with Crippen LogP contribution in [-0.2, 0) is 11.3 Å². The topological polar surface area (TPSA) is 72.7 Å². The number of carbonyl (C=O) groups excluding carboxylic acids is 1. The molecule has 0 bridgehead atoms. The minimum atomic E-state index is -0.227. The van der Waals surface area contributed by atoms with Gasteiger partial charge in [0.2, 0.25) is 5.91 Å². The smallest absolute Gasteiger partial charge is 0.230 e. The van der Waals surface area contributed by atoms with Crippen LogP contribution in [0.1, 0.15) is 34.1 Å². The highest BCUT2D eigenvalue weighted by atomic mass is 32.2. The van der Waals surface area contributed by atoms with Crippen molar-refractivity contribution in [3.63, 3.8) is 0 Å². The van der Waals surface area contributed by atoms with Crippen molar-refractivity contribution in [3.8, 4) is 11.4 Å². The summed E-state index contributed by atoms with van der Waals surface area (Å²) in [4.78, 5) is 16.1. The van der Waals surface area contributed by atoms with Gasteiger partial charge in [-0.05, 0) is 39.3 Å². The number of amides is 1. The fourth-order valence-electron chi connectivity index (χ4n) is 2.11. The van der Waals surface area contributed by atoms with Crippen molar-refractivity contribution in [1.29, 1.82) is 0 Å². The first-order valence-corrected chi connectivity index (χ1v) is 8.66. The van der Waals surface area contributed by atoms with Crippen LogP contribution in [0.25, 0.3) is 11.4 Å². The maximum Gasteiger partial charge on any atom is 0.230 e. The van der Waals surface area contributed by atoms with Gasteiger partial charge < -0.3 is 9.88 Å². The van der Waals surface area contributed by atoms with Crippen molar-refractivity contribution >= 4 is 17.7 Å². The maximum atomic E-state index is 12.0. The summed E-state index contributed by atoms with van der Waals surface area (Å²) in [7, 11) is 0. The molecule has 2 aromatic rings. The van der Waals surface area contributed by atoms with Crippen LogP contribution in [0.5, 0.6) is 0 Å². The van der Waals surface area contributed by atoms with Crippen LogP contribution < -0.4 is 5.32 Å². The van der Waals surface area contributed by atoms with Gasteiger partial charge in [0.1, 0.15) is 0 Å². The second-order valence-corrected chi connectivity index (χ2v) is 7.23. The molecule has 1 amide bonds.